The number of sulfonamides is 1. The number of ether oxygens (including phenoxy) is 2. The van der Waals surface area contributed by atoms with Crippen LogP contribution in [0.3, 0.4) is 0 Å². The minimum Gasteiger partial charge on any atom is -0.460 e. The first kappa shape index (κ1) is 30.2. The van der Waals surface area contributed by atoms with Crippen LogP contribution in [0.5, 0.6) is 0 Å². The molecular weight excluding hydrogens is 589 g/mol. The van der Waals surface area contributed by atoms with Crippen LogP contribution < -0.4 is 9.21 Å². The van der Waals surface area contributed by atoms with Gasteiger partial charge in [0.05, 0.1) is 47.5 Å². The van der Waals surface area contributed by atoms with E-state index in [0.717, 1.165) is 16.4 Å². The van der Waals surface area contributed by atoms with Gasteiger partial charge in [0.25, 0.3) is 10.0 Å². The van der Waals surface area contributed by atoms with Crippen LogP contribution in [0.1, 0.15) is 46.1 Å². The topological polar surface area (TPSA) is 76.2 Å². The number of carbonyl (C=O) groups is 1. The maximum atomic E-state index is 13.4. The summed E-state index contributed by atoms with van der Waals surface area (Å²) >= 11 is 3.37. The first-order valence-electron chi connectivity index (χ1n) is 12.2. The van der Waals surface area contributed by atoms with E-state index in [-0.39, 0.29) is 31.6 Å². The molecule has 0 amide bonds. The summed E-state index contributed by atoms with van der Waals surface area (Å²) in [5.74, 6) is -0.331. The third-order valence-corrected chi connectivity index (χ3v) is 8.11. The van der Waals surface area contributed by atoms with Crippen molar-refractivity contribution in [3.8, 4) is 0 Å². The second kappa shape index (κ2) is 11.8. The van der Waals surface area contributed by atoms with E-state index in [9.17, 15) is 26.4 Å². The van der Waals surface area contributed by atoms with Crippen LogP contribution in [0, 0.1) is 0 Å². The van der Waals surface area contributed by atoms with Gasteiger partial charge >= 0.3 is 12.1 Å². The van der Waals surface area contributed by atoms with Crippen LogP contribution in [-0.2, 0) is 30.5 Å². The molecule has 0 bridgehead atoms. The lowest BCUT2D eigenvalue weighted by Gasteiger charge is -2.38. The molecule has 0 spiro atoms. The number of hydrogen-bond acceptors (Lipinski definition) is 6. The zero-order valence-corrected chi connectivity index (χ0v) is 24.1. The monoisotopic (exact) mass is 620 g/mol. The number of benzene rings is 2. The maximum Gasteiger partial charge on any atom is 0.416 e. The van der Waals surface area contributed by atoms with Crippen LogP contribution in [0.2, 0.25) is 0 Å². The molecular formula is C26H32BrF3N2O5S. The summed E-state index contributed by atoms with van der Waals surface area (Å²) in [4.78, 5) is 13.5. The van der Waals surface area contributed by atoms with Gasteiger partial charge in [0.1, 0.15) is 5.60 Å². The summed E-state index contributed by atoms with van der Waals surface area (Å²) in [5.41, 5.74) is -0.549. The molecule has 210 valence electrons. The predicted molar refractivity (Wildman–Crippen MR) is 143 cm³/mol. The molecule has 3 rings (SSSR count). The molecule has 0 radical (unpaired) electrons. The summed E-state index contributed by atoms with van der Waals surface area (Å²) in [6.45, 7) is 8.49. The Bertz CT molecular complexity index is 1250. The van der Waals surface area contributed by atoms with Crippen molar-refractivity contribution in [3.63, 3.8) is 0 Å². The third-order valence-electron chi connectivity index (χ3n) is 5.80. The number of nitrogens with zero attached hydrogens (tertiary/aromatic N) is 2. The number of anilines is 2. The Morgan fingerprint density at radius 3 is 2.45 bits per heavy atom. The number of rotatable bonds is 9. The van der Waals surface area contributed by atoms with Gasteiger partial charge in [-0.2, -0.15) is 13.2 Å². The molecule has 1 heterocycles. The highest BCUT2D eigenvalue weighted by molar-refractivity contribution is 9.10. The van der Waals surface area contributed by atoms with E-state index in [1.807, 2.05) is 11.8 Å². The average molecular weight is 622 g/mol. The second-order valence-corrected chi connectivity index (χ2v) is 12.8. The van der Waals surface area contributed by atoms with Crippen molar-refractivity contribution in [2.24, 2.45) is 0 Å². The van der Waals surface area contributed by atoms with Gasteiger partial charge in [0.2, 0.25) is 0 Å². The molecule has 0 saturated carbocycles. The lowest BCUT2D eigenvalue weighted by Crippen LogP contribution is -2.44. The SMILES string of the molecule is CC(CCN1CCN(S(=O)(=O)c2cccc(C(F)(F)F)c2)c2cc(Br)ccc21)OCCC(=O)OC(C)(C)C. The van der Waals surface area contributed by atoms with Crippen LogP contribution >= 0.6 is 15.9 Å². The Morgan fingerprint density at radius 1 is 1.08 bits per heavy atom. The van der Waals surface area contributed by atoms with E-state index in [1.165, 1.54) is 6.07 Å². The normalized spacial score (nSPS) is 15.3. The first-order valence-corrected chi connectivity index (χ1v) is 14.4. The predicted octanol–water partition coefficient (Wildman–Crippen LogP) is 6.01. The summed E-state index contributed by atoms with van der Waals surface area (Å²) in [6, 6.07) is 8.98. The highest BCUT2D eigenvalue weighted by Gasteiger charge is 2.35. The van der Waals surface area contributed by atoms with Crippen molar-refractivity contribution < 1.29 is 35.9 Å². The summed E-state index contributed by atoms with van der Waals surface area (Å²) in [6.07, 6.45) is -4.06. The first-order chi connectivity index (χ1) is 17.6. The molecule has 38 heavy (non-hydrogen) atoms. The molecule has 0 N–H and O–H groups in total. The van der Waals surface area contributed by atoms with Crippen molar-refractivity contribution in [3.05, 3.63) is 52.5 Å². The number of hydrogen-bond donors (Lipinski definition) is 0. The fraction of sp³-hybridized carbons (Fsp3) is 0.500. The summed E-state index contributed by atoms with van der Waals surface area (Å²) in [7, 11) is -4.25. The standard InChI is InChI=1S/C26H32BrF3N2O5S/c1-18(36-15-11-24(33)37-25(2,3)4)10-12-31-13-14-32(23-17-20(27)8-9-22(23)31)38(34,35)21-7-5-6-19(16-21)26(28,29)30/h5-9,16-18H,10-15H2,1-4H3. The van der Waals surface area contributed by atoms with Crippen molar-refractivity contribution in [1.29, 1.82) is 0 Å². The van der Waals surface area contributed by atoms with Gasteiger partial charge in [0.15, 0.2) is 0 Å². The molecule has 7 nitrogen and oxygen atoms in total. The van der Waals surface area contributed by atoms with E-state index in [0.29, 0.717) is 41.4 Å². The van der Waals surface area contributed by atoms with Gasteiger partial charge in [-0.05, 0) is 70.5 Å². The molecule has 2 aromatic rings. The smallest absolute Gasteiger partial charge is 0.416 e. The quantitative estimate of drug-likeness (QED) is 0.320. The Kier molecular flexibility index (Phi) is 9.41. The van der Waals surface area contributed by atoms with Crippen molar-refractivity contribution in [2.45, 2.75) is 63.3 Å². The number of esters is 1. The molecule has 1 aliphatic rings. The zero-order valence-electron chi connectivity index (χ0n) is 21.7. The van der Waals surface area contributed by atoms with Crippen LogP contribution in [-0.4, -0.2) is 52.3 Å². The minimum atomic E-state index is -4.66. The molecule has 0 saturated heterocycles. The van der Waals surface area contributed by atoms with E-state index in [2.05, 4.69) is 15.9 Å². The Balaban J connectivity index is 1.71. The molecule has 1 atom stereocenters. The fourth-order valence-electron chi connectivity index (χ4n) is 4.02. The van der Waals surface area contributed by atoms with Gasteiger partial charge in [0, 0.05) is 17.6 Å². The molecule has 12 heteroatoms. The number of alkyl halides is 3. The second-order valence-electron chi connectivity index (χ2n) is 10.0. The van der Waals surface area contributed by atoms with Crippen molar-refractivity contribution in [2.75, 3.05) is 35.4 Å². The summed E-state index contributed by atoms with van der Waals surface area (Å²) < 4.78 is 79.4. The van der Waals surface area contributed by atoms with E-state index < -0.39 is 32.3 Å². The van der Waals surface area contributed by atoms with Gasteiger partial charge in [-0.15, -0.1) is 0 Å². The Hall–Kier alpha value is -2.31. The molecule has 1 aliphatic heterocycles. The fourth-order valence-corrected chi connectivity index (χ4v) is 5.87. The van der Waals surface area contributed by atoms with Gasteiger partial charge in [-0.1, -0.05) is 22.0 Å². The lowest BCUT2D eigenvalue weighted by molar-refractivity contribution is -0.156. The lowest BCUT2D eigenvalue weighted by atomic mass is 10.1. The van der Waals surface area contributed by atoms with E-state index in [4.69, 9.17) is 9.47 Å². The van der Waals surface area contributed by atoms with Crippen molar-refractivity contribution in [1.82, 2.24) is 0 Å². The maximum absolute atomic E-state index is 13.4. The van der Waals surface area contributed by atoms with Gasteiger partial charge in [-0.25, -0.2) is 8.42 Å². The zero-order chi connectivity index (χ0) is 28.3. The highest BCUT2D eigenvalue weighted by atomic mass is 79.9. The Morgan fingerprint density at radius 2 is 1.79 bits per heavy atom. The van der Waals surface area contributed by atoms with Crippen LogP contribution in [0.15, 0.2) is 51.8 Å². The number of halogens is 4. The van der Waals surface area contributed by atoms with E-state index in [1.54, 1.807) is 39.0 Å². The third kappa shape index (κ3) is 7.86. The molecule has 0 fully saturated rings. The summed E-state index contributed by atoms with van der Waals surface area (Å²) in [5, 5.41) is 0. The molecule has 0 aliphatic carbocycles. The number of carbonyl (C=O) groups excluding carboxylic acids is 1. The highest BCUT2D eigenvalue weighted by Crippen LogP contribution is 2.39. The largest absolute Gasteiger partial charge is 0.460 e. The van der Waals surface area contributed by atoms with E-state index >= 15 is 0 Å². The van der Waals surface area contributed by atoms with Crippen LogP contribution in [0.4, 0.5) is 24.5 Å². The van der Waals surface area contributed by atoms with Crippen molar-refractivity contribution >= 4 is 43.3 Å². The van der Waals surface area contributed by atoms with Gasteiger partial charge < -0.3 is 14.4 Å². The van der Waals surface area contributed by atoms with Gasteiger partial charge in [-0.3, -0.25) is 9.10 Å². The molecule has 1 unspecified atom stereocenters. The molecule has 0 aromatic heterocycles. The Labute approximate surface area is 230 Å². The average Bonchev–Trinajstić information content (AvgIpc) is 2.80. The number of fused-ring (bicyclic) bond motifs is 1. The molecule has 2 aromatic carbocycles. The minimum absolute atomic E-state index is 0.0654. The van der Waals surface area contributed by atoms with Crippen LogP contribution in [0.25, 0.3) is 0 Å².